The van der Waals surface area contributed by atoms with Crippen molar-refractivity contribution >= 4 is 5.91 Å². The number of benzene rings is 1. The Morgan fingerprint density at radius 2 is 1.94 bits per heavy atom. The van der Waals surface area contributed by atoms with Gasteiger partial charge in [-0.05, 0) is 37.8 Å². The number of rotatable bonds is 4. The van der Waals surface area contributed by atoms with Gasteiger partial charge in [-0.15, -0.1) is 0 Å². The molecule has 0 aliphatic heterocycles. The first-order chi connectivity index (χ1) is 8.33. The fourth-order valence-corrected chi connectivity index (χ4v) is 1.83. The molecule has 1 rings (SSSR count). The molecule has 1 aromatic rings. The summed E-state index contributed by atoms with van der Waals surface area (Å²) in [6.07, 6.45) is 1.03. The summed E-state index contributed by atoms with van der Waals surface area (Å²) in [7, 11) is 0. The maximum atomic E-state index is 12.4. The molecule has 0 aliphatic rings. The van der Waals surface area contributed by atoms with E-state index in [1.165, 1.54) is 0 Å². The van der Waals surface area contributed by atoms with Gasteiger partial charge >= 0.3 is 0 Å². The van der Waals surface area contributed by atoms with Gasteiger partial charge in [0.25, 0.3) is 5.91 Å². The number of carbonyl (C=O) groups is 1. The van der Waals surface area contributed by atoms with Crippen molar-refractivity contribution in [1.29, 1.82) is 0 Å². The van der Waals surface area contributed by atoms with Gasteiger partial charge in [-0.3, -0.25) is 4.79 Å². The van der Waals surface area contributed by atoms with Crippen molar-refractivity contribution in [3.8, 4) is 0 Å². The molecule has 0 saturated carbocycles. The second-order valence-corrected chi connectivity index (χ2v) is 6.06. The molecule has 0 fully saturated rings. The van der Waals surface area contributed by atoms with Crippen LogP contribution < -0.4 is 0 Å². The van der Waals surface area contributed by atoms with Gasteiger partial charge in [-0.2, -0.15) is 0 Å². The summed E-state index contributed by atoms with van der Waals surface area (Å²) in [6.45, 7) is 12.3. The average molecular weight is 247 g/mol. The molecule has 2 nitrogen and oxygen atoms in total. The van der Waals surface area contributed by atoms with Crippen LogP contribution in [0.15, 0.2) is 24.3 Å². The van der Waals surface area contributed by atoms with Crippen LogP contribution >= 0.6 is 0 Å². The summed E-state index contributed by atoms with van der Waals surface area (Å²) in [5.74, 6) is 0.144. The summed E-state index contributed by atoms with van der Waals surface area (Å²) in [5.41, 5.74) is 2.19. The zero-order chi connectivity index (χ0) is 13.8. The first-order valence-electron chi connectivity index (χ1n) is 6.69. The predicted molar refractivity (Wildman–Crippen MR) is 76.8 cm³/mol. The summed E-state index contributed by atoms with van der Waals surface area (Å²) in [4.78, 5) is 14.3. The topological polar surface area (TPSA) is 20.3 Å². The SMILES string of the molecule is CCN(CCC(C)(C)C)C(=O)c1cccc(C)c1. The molecule has 18 heavy (non-hydrogen) atoms. The highest BCUT2D eigenvalue weighted by atomic mass is 16.2. The van der Waals surface area contributed by atoms with Crippen LogP contribution in [-0.2, 0) is 0 Å². The van der Waals surface area contributed by atoms with Crippen LogP contribution in [0.1, 0.15) is 50.0 Å². The maximum absolute atomic E-state index is 12.4. The van der Waals surface area contributed by atoms with Crippen LogP contribution in [0.2, 0.25) is 0 Å². The molecule has 0 bridgehead atoms. The smallest absolute Gasteiger partial charge is 0.253 e. The predicted octanol–water partition coefficient (Wildman–Crippen LogP) is 3.89. The standard InChI is InChI=1S/C16H25NO/c1-6-17(11-10-16(3,4)5)15(18)14-9-7-8-13(2)12-14/h7-9,12H,6,10-11H2,1-5H3. The molecule has 0 aromatic heterocycles. The van der Waals surface area contributed by atoms with Crippen LogP contribution in [0.5, 0.6) is 0 Å². The van der Waals surface area contributed by atoms with E-state index < -0.39 is 0 Å². The Hall–Kier alpha value is -1.31. The van der Waals surface area contributed by atoms with Crippen molar-refractivity contribution in [1.82, 2.24) is 4.90 Å². The normalized spacial score (nSPS) is 11.4. The van der Waals surface area contributed by atoms with E-state index in [9.17, 15) is 4.79 Å². The minimum atomic E-state index is 0.144. The molecule has 0 aliphatic carbocycles. The van der Waals surface area contributed by atoms with Gasteiger partial charge in [-0.1, -0.05) is 38.5 Å². The van der Waals surface area contributed by atoms with Crippen LogP contribution in [0.3, 0.4) is 0 Å². The van der Waals surface area contributed by atoms with Gasteiger partial charge in [0.15, 0.2) is 0 Å². The molecule has 0 radical (unpaired) electrons. The lowest BCUT2D eigenvalue weighted by molar-refractivity contribution is 0.0747. The molecule has 0 heterocycles. The molecule has 0 atom stereocenters. The van der Waals surface area contributed by atoms with Crippen LogP contribution in [-0.4, -0.2) is 23.9 Å². The molecular weight excluding hydrogens is 222 g/mol. The largest absolute Gasteiger partial charge is 0.339 e. The Bertz CT molecular complexity index is 404. The number of hydrogen-bond donors (Lipinski definition) is 0. The third kappa shape index (κ3) is 4.52. The van der Waals surface area contributed by atoms with Gasteiger partial charge < -0.3 is 4.90 Å². The third-order valence-corrected chi connectivity index (χ3v) is 3.07. The fraction of sp³-hybridized carbons (Fsp3) is 0.562. The fourth-order valence-electron chi connectivity index (χ4n) is 1.83. The molecule has 100 valence electrons. The Balaban J connectivity index is 2.74. The lowest BCUT2D eigenvalue weighted by Crippen LogP contribution is -2.33. The summed E-state index contributed by atoms with van der Waals surface area (Å²) >= 11 is 0. The van der Waals surface area contributed by atoms with Crippen molar-refractivity contribution in [2.24, 2.45) is 5.41 Å². The van der Waals surface area contributed by atoms with Gasteiger partial charge in [0.1, 0.15) is 0 Å². The minimum absolute atomic E-state index is 0.144. The molecule has 0 N–H and O–H groups in total. The quantitative estimate of drug-likeness (QED) is 0.790. The number of carbonyl (C=O) groups excluding carboxylic acids is 1. The van der Waals surface area contributed by atoms with Crippen LogP contribution in [0.25, 0.3) is 0 Å². The molecule has 0 spiro atoms. The number of nitrogens with zero attached hydrogens (tertiary/aromatic N) is 1. The first-order valence-corrected chi connectivity index (χ1v) is 6.69. The first kappa shape index (κ1) is 14.7. The Kier molecular flexibility index (Phi) is 4.94. The maximum Gasteiger partial charge on any atom is 0.253 e. The van der Waals surface area contributed by atoms with Gasteiger partial charge in [0, 0.05) is 18.7 Å². The molecule has 1 aromatic carbocycles. The zero-order valence-corrected chi connectivity index (χ0v) is 12.3. The van der Waals surface area contributed by atoms with E-state index >= 15 is 0 Å². The molecule has 0 saturated heterocycles. The Labute approximate surface area is 111 Å². The van der Waals surface area contributed by atoms with E-state index in [0.717, 1.165) is 30.6 Å². The van der Waals surface area contributed by atoms with Crippen LogP contribution in [0, 0.1) is 12.3 Å². The van der Waals surface area contributed by atoms with E-state index in [2.05, 4.69) is 20.8 Å². The summed E-state index contributed by atoms with van der Waals surface area (Å²) in [6, 6.07) is 7.82. The monoisotopic (exact) mass is 247 g/mol. The van der Waals surface area contributed by atoms with E-state index in [-0.39, 0.29) is 11.3 Å². The van der Waals surface area contributed by atoms with Crippen molar-refractivity contribution in [3.05, 3.63) is 35.4 Å². The van der Waals surface area contributed by atoms with Gasteiger partial charge in [0.2, 0.25) is 0 Å². The molecule has 2 heteroatoms. The van der Waals surface area contributed by atoms with E-state index in [1.54, 1.807) is 0 Å². The molecule has 1 amide bonds. The zero-order valence-electron chi connectivity index (χ0n) is 12.3. The lowest BCUT2D eigenvalue weighted by Gasteiger charge is -2.26. The third-order valence-electron chi connectivity index (χ3n) is 3.07. The van der Waals surface area contributed by atoms with E-state index in [1.807, 2.05) is 43.0 Å². The van der Waals surface area contributed by atoms with Crippen molar-refractivity contribution < 1.29 is 4.79 Å². The number of hydrogen-bond acceptors (Lipinski definition) is 1. The highest BCUT2D eigenvalue weighted by Crippen LogP contribution is 2.19. The second kappa shape index (κ2) is 6.03. The number of amides is 1. The highest BCUT2D eigenvalue weighted by molar-refractivity contribution is 5.94. The lowest BCUT2D eigenvalue weighted by atomic mass is 9.92. The number of aryl methyl sites for hydroxylation is 1. The van der Waals surface area contributed by atoms with E-state index in [4.69, 9.17) is 0 Å². The van der Waals surface area contributed by atoms with Crippen molar-refractivity contribution in [3.63, 3.8) is 0 Å². The van der Waals surface area contributed by atoms with Gasteiger partial charge in [0.05, 0.1) is 0 Å². The minimum Gasteiger partial charge on any atom is -0.339 e. The Morgan fingerprint density at radius 3 is 2.44 bits per heavy atom. The second-order valence-electron chi connectivity index (χ2n) is 6.06. The Morgan fingerprint density at radius 1 is 1.28 bits per heavy atom. The van der Waals surface area contributed by atoms with E-state index in [0.29, 0.717) is 0 Å². The average Bonchev–Trinajstić information content (AvgIpc) is 2.28. The van der Waals surface area contributed by atoms with Crippen molar-refractivity contribution in [2.75, 3.05) is 13.1 Å². The summed E-state index contributed by atoms with van der Waals surface area (Å²) < 4.78 is 0. The highest BCUT2D eigenvalue weighted by Gasteiger charge is 2.17. The molecular formula is C16H25NO. The van der Waals surface area contributed by atoms with Gasteiger partial charge in [-0.25, -0.2) is 0 Å². The summed E-state index contributed by atoms with van der Waals surface area (Å²) in [5, 5.41) is 0. The van der Waals surface area contributed by atoms with Crippen LogP contribution in [0.4, 0.5) is 0 Å². The molecule has 0 unspecified atom stereocenters. The van der Waals surface area contributed by atoms with Crippen molar-refractivity contribution in [2.45, 2.75) is 41.0 Å².